The molecule has 10 heteroatoms. The topological polar surface area (TPSA) is 81.1 Å². The molecule has 0 aliphatic heterocycles. The Morgan fingerprint density at radius 3 is 2.83 bits per heavy atom. The van der Waals surface area contributed by atoms with Gasteiger partial charge in [0.25, 0.3) is 0 Å². The molecule has 2 heterocycles. The number of halogens is 1. The molecule has 1 aromatic carbocycles. The second-order valence-corrected chi connectivity index (χ2v) is 6.22. The summed E-state index contributed by atoms with van der Waals surface area (Å²) in [5.74, 6) is -0.449. The molecule has 0 radical (unpaired) electrons. The van der Waals surface area contributed by atoms with Crippen molar-refractivity contribution in [2.45, 2.75) is 0 Å². The van der Waals surface area contributed by atoms with E-state index in [1.165, 1.54) is 35.8 Å². The van der Waals surface area contributed by atoms with Gasteiger partial charge >= 0.3 is 5.97 Å². The van der Waals surface area contributed by atoms with Gasteiger partial charge in [-0.25, -0.2) is 9.47 Å². The number of benzene rings is 1. The highest BCUT2D eigenvalue weighted by Crippen LogP contribution is 2.37. The molecule has 0 bridgehead atoms. The number of carbonyl (C=O) groups excluding carboxylic acids is 1. The predicted molar refractivity (Wildman–Crippen MR) is 93.8 cm³/mol. The molecule has 0 aliphatic rings. The number of carbonyl (C=O) groups is 1. The van der Waals surface area contributed by atoms with E-state index in [2.05, 4.69) is 20.9 Å². The van der Waals surface area contributed by atoms with Gasteiger partial charge in [0.05, 0.1) is 12.1 Å². The van der Waals surface area contributed by atoms with Gasteiger partial charge in [0, 0.05) is 15.8 Å². The van der Waals surface area contributed by atoms with E-state index in [1.807, 2.05) is 18.2 Å². The molecule has 0 saturated heterocycles. The fourth-order valence-electron chi connectivity index (χ4n) is 1.90. The van der Waals surface area contributed by atoms with E-state index in [-0.39, 0.29) is 0 Å². The zero-order valence-corrected chi connectivity index (χ0v) is 14.1. The Labute approximate surface area is 145 Å². The third-order valence-electron chi connectivity index (χ3n) is 2.91. The van der Waals surface area contributed by atoms with E-state index < -0.39 is 5.97 Å². The van der Waals surface area contributed by atoms with Crippen LogP contribution in [0.25, 0.3) is 10.1 Å². The fraction of sp³-hybridized carbons (Fsp3) is 0.0769. The molecule has 2 N–H and O–H groups in total. The molecule has 23 heavy (non-hydrogen) atoms. The molecular weight excluding hydrogens is 358 g/mol. The number of nitrogens with one attached hydrogen (secondary N) is 2. The smallest absolute Gasteiger partial charge is 0.349 e. The molecule has 0 spiro atoms. The molecule has 0 fully saturated rings. The third kappa shape index (κ3) is 3.26. The maximum atomic E-state index is 11.7. The molecule has 0 amide bonds. The maximum absolute atomic E-state index is 11.7. The quantitative estimate of drug-likeness (QED) is 0.544. The molecule has 3 rings (SSSR count). The monoisotopic (exact) mass is 367 g/mol. The Bertz CT molecular complexity index is 878. The molecule has 118 valence electrons. The van der Waals surface area contributed by atoms with E-state index in [0.717, 1.165) is 15.8 Å². The SMILES string of the molecule is COC(=O)c1sc2cc(NC(=S)Nn3cnnc3)ccc2c1Cl. The van der Waals surface area contributed by atoms with Gasteiger partial charge in [0.2, 0.25) is 0 Å². The number of nitrogens with zero attached hydrogens (tertiary/aromatic N) is 3. The van der Waals surface area contributed by atoms with Crippen molar-refractivity contribution in [3.8, 4) is 0 Å². The van der Waals surface area contributed by atoms with Crippen LogP contribution in [0.1, 0.15) is 9.67 Å². The van der Waals surface area contributed by atoms with Crippen molar-refractivity contribution in [2.75, 3.05) is 17.9 Å². The number of hydrogen-bond acceptors (Lipinski definition) is 6. The Morgan fingerprint density at radius 2 is 2.13 bits per heavy atom. The summed E-state index contributed by atoms with van der Waals surface area (Å²) in [7, 11) is 1.32. The van der Waals surface area contributed by atoms with Crippen molar-refractivity contribution < 1.29 is 9.53 Å². The molecule has 7 nitrogen and oxygen atoms in total. The Balaban J connectivity index is 1.82. The van der Waals surface area contributed by atoms with Crippen molar-refractivity contribution in [3.05, 3.63) is 40.8 Å². The van der Waals surface area contributed by atoms with Crippen molar-refractivity contribution in [2.24, 2.45) is 0 Å². The molecular formula is C13H10ClN5O2S2. The number of esters is 1. The number of rotatable bonds is 3. The van der Waals surface area contributed by atoms with Gasteiger partial charge in [-0.2, -0.15) is 0 Å². The van der Waals surface area contributed by atoms with E-state index in [4.69, 9.17) is 28.6 Å². The van der Waals surface area contributed by atoms with Gasteiger partial charge < -0.3 is 10.1 Å². The third-order valence-corrected chi connectivity index (χ3v) is 4.74. The number of methoxy groups -OCH3 is 1. The molecule has 0 atom stereocenters. The Hall–Kier alpha value is -2.23. The van der Waals surface area contributed by atoms with Gasteiger partial charge in [0.1, 0.15) is 17.5 Å². The summed E-state index contributed by atoms with van der Waals surface area (Å²) in [5, 5.41) is 11.9. The number of hydrogen-bond donors (Lipinski definition) is 2. The molecule has 0 saturated carbocycles. The van der Waals surface area contributed by atoms with Crippen LogP contribution < -0.4 is 10.7 Å². The Morgan fingerprint density at radius 1 is 1.39 bits per heavy atom. The number of anilines is 1. The zero-order valence-electron chi connectivity index (χ0n) is 11.7. The summed E-state index contributed by atoms with van der Waals surface area (Å²) in [6.45, 7) is 0. The number of thiocarbonyl (C=S) groups is 1. The lowest BCUT2D eigenvalue weighted by Crippen LogP contribution is -2.26. The van der Waals surface area contributed by atoms with Gasteiger partial charge in [-0.15, -0.1) is 21.5 Å². The summed E-state index contributed by atoms with van der Waals surface area (Å²) >= 11 is 12.7. The highest BCUT2D eigenvalue weighted by Gasteiger charge is 2.17. The molecule has 3 aromatic rings. The van der Waals surface area contributed by atoms with Crippen LogP contribution in [0, 0.1) is 0 Å². The summed E-state index contributed by atoms with van der Waals surface area (Å²) < 4.78 is 7.10. The minimum Gasteiger partial charge on any atom is -0.465 e. The van der Waals surface area contributed by atoms with Crippen LogP contribution in [0.4, 0.5) is 5.69 Å². The average molecular weight is 368 g/mol. The summed E-state index contributed by atoms with van der Waals surface area (Å²) in [5.41, 5.74) is 3.64. The average Bonchev–Trinajstić information content (AvgIpc) is 3.14. The number of aromatic nitrogens is 3. The predicted octanol–water partition coefficient (Wildman–Crippen LogP) is 2.87. The first-order chi connectivity index (χ1) is 11.1. The lowest BCUT2D eigenvalue weighted by Gasteiger charge is -2.10. The lowest BCUT2D eigenvalue weighted by molar-refractivity contribution is 0.0606. The lowest BCUT2D eigenvalue weighted by atomic mass is 10.2. The summed E-state index contributed by atoms with van der Waals surface area (Å²) in [6.07, 6.45) is 2.97. The highest BCUT2D eigenvalue weighted by atomic mass is 35.5. The molecule has 0 aliphatic carbocycles. The maximum Gasteiger partial charge on any atom is 0.349 e. The second-order valence-electron chi connectivity index (χ2n) is 4.38. The largest absolute Gasteiger partial charge is 0.465 e. The standard InChI is InChI=1S/C13H10ClN5O2S2/c1-21-12(20)11-10(14)8-3-2-7(4-9(8)23-11)17-13(22)18-19-5-15-16-6-19/h2-6H,1H3,(H2,17,18,22). The van der Waals surface area contributed by atoms with Crippen LogP contribution in [0.3, 0.4) is 0 Å². The highest BCUT2D eigenvalue weighted by molar-refractivity contribution is 7.80. The minimum absolute atomic E-state index is 0.375. The van der Waals surface area contributed by atoms with Crippen LogP contribution in [0.2, 0.25) is 5.02 Å². The van der Waals surface area contributed by atoms with Crippen molar-refractivity contribution >= 4 is 62.0 Å². The van der Waals surface area contributed by atoms with Crippen LogP contribution in [0.5, 0.6) is 0 Å². The summed E-state index contributed by atoms with van der Waals surface area (Å²) in [6, 6.07) is 5.50. The second kappa shape index (κ2) is 6.49. The van der Waals surface area contributed by atoms with E-state index in [0.29, 0.717) is 15.0 Å². The van der Waals surface area contributed by atoms with Gasteiger partial charge in [0.15, 0.2) is 5.11 Å². The fourth-order valence-corrected chi connectivity index (χ4v) is 3.59. The van der Waals surface area contributed by atoms with Crippen LogP contribution >= 0.6 is 35.2 Å². The van der Waals surface area contributed by atoms with Gasteiger partial charge in [-0.3, -0.25) is 5.43 Å². The zero-order chi connectivity index (χ0) is 16.4. The molecule has 2 aromatic heterocycles. The first-order valence-electron chi connectivity index (χ1n) is 6.31. The van der Waals surface area contributed by atoms with Crippen molar-refractivity contribution in [1.82, 2.24) is 14.9 Å². The van der Waals surface area contributed by atoms with Gasteiger partial charge in [-0.1, -0.05) is 11.6 Å². The first kappa shape index (κ1) is 15.7. The number of fused-ring (bicyclic) bond motifs is 1. The van der Waals surface area contributed by atoms with Crippen LogP contribution in [-0.2, 0) is 4.74 Å². The van der Waals surface area contributed by atoms with E-state index in [9.17, 15) is 4.79 Å². The minimum atomic E-state index is -0.449. The van der Waals surface area contributed by atoms with Gasteiger partial charge in [-0.05, 0) is 30.4 Å². The Kier molecular flexibility index (Phi) is 4.42. The van der Waals surface area contributed by atoms with E-state index in [1.54, 1.807) is 0 Å². The summed E-state index contributed by atoms with van der Waals surface area (Å²) in [4.78, 5) is 12.1. The van der Waals surface area contributed by atoms with Crippen LogP contribution in [0.15, 0.2) is 30.9 Å². The van der Waals surface area contributed by atoms with Crippen LogP contribution in [-0.4, -0.2) is 33.1 Å². The van der Waals surface area contributed by atoms with E-state index >= 15 is 0 Å². The normalized spacial score (nSPS) is 10.5. The van der Waals surface area contributed by atoms with Crippen molar-refractivity contribution in [1.29, 1.82) is 0 Å². The van der Waals surface area contributed by atoms with Crippen molar-refractivity contribution in [3.63, 3.8) is 0 Å². The molecule has 0 unspecified atom stereocenters. The first-order valence-corrected chi connectivity index (χ1v) is 7.91. The number of thiophene rings is 1. The number of ether oxygens (including phenoxy) is 1.